The number of fused-ring (bicyclic) bond motifs is 2. The standard InChI is InChI=1S/C18H24N6O11P2S/c19-13-1-3-23(17(25)21-13)15-5-9-11(32-15)7-31-36(27,28)34-10-6-16(24-4-2-14(20)22-18(24)26)33-12(10)8-38-37(29,30)35-9/h1-4,9-12,15-16H,5-8H2,(H,27,28)(H,29,30)(H2,19,21,25)(H2,20,22,26)/t9-,10-,11+,12+,15+,16+/m0/s1. The average Bonchev–Trinajstić information content (AvgIpc) is 3.39. The molecule has 0 radical (unpaired) electrons. The number of aromatic nitrogens is 4. The largest absolute Gasteiger partial charge is 0.472 e. The minimum atomic E-state index is -4.71. The van der Waals surface area contributed by atoms with Gasteiger partial charge in [0.25, 0.3) is 0 Å². The van der Waals surface area contributed by atoms with Gasteiger partial charge in [0.2, 0.25) is 0 Å². The van der Waals surface area contributed by atoms with Crippen molar-refractivity contribution < 1.29 is 42.0 Å². The maximum atomic E-state index is 12.9. The van der Waals surface area contributed by atoms with E-state index in [2.05, 4.69) is 9.97 Å². The van der Waals surface area contributed by atoms with Crippen molar-refractivity contribution in [3.63, 3.8) is 0 Å². The van der Waals surface area contributed by atoms with Crippen molar-refractivity contribution >= 4 is 37.6 Å². The minimum Gasteiger partial charge on any atom is -0.383 e. The molecule has 208 valence electrons. The van der Waals surface area contributed by atoms with Gasteiger partial charge in [-0.3, -0.25) is 22.7 Å². The Hall–Kier alpha value is -2.11. The van der Waals surface area contributed by atoms with Crippen LogP contribution in [-0.4, -0.2) is 65.7 Å². The zero-order valence-corrected chi connectivity index (χ0v) is 22.0. The highest BCUT2D eigenvalue weighted by atomic mass is 32.7. The fraction of sp³-hybridized carbons (Fsp3) is 0.556. The van der Waals surface area contributed by atoms with Gasteiger partial charge in [-0.05, 0) is 23.5 Å². The van der Waals surface area contributed by atoms with Crippen LogP contribution >= 0.6 is 26.0 Å². The lowest BCUT2D eigenvalue weighted by molar-refractivity contribution is -0.0475. The molecule has 17 nitrogen and oxygen atoms in total. The lowest BCUT2D eigenvalue weighted by Gasteiger charge is -2.26. The number of phosphoric ester groups is 1. The van der Waals surface area contributed by atoms with Gasteiger partial charge in [0.15, 0.2) is 0 Å². The molecule has 8 atom stereocenters. The first-order chi connectivity index (χ1) is 17.9. The molecule has 2 aromatic heterocycles. The van der Waals surface area contributed by atoms with E-state index in [-0.39, 0.29) is 30.2 Å². The summed E-state index contributed by atoms with van der Waals surface area (Å²) in [5, 5.41) is 0. The van der Waals surface area contributed by atoms with E-state index in [4.69, 9.17) is 34.5 Å². The number of phosphoric acid groups is 1. The van der Waals surface area contributed by atoms with Gasteiger partial charge in [0.05, 0.1) is 12.7 Å². The lowest BCUT2D eigenvalue weighted by Crippen LogP contribution is -2.31. The van der Waals surface area contributed by atoms with Crippen LogP contribution in [0.3, 0.4) is 0 Å². The molecule has 5 rings (SSSR count). The Morgan fingerprint density at radius 2 is 1.39 bits per heavy atom. The van der Waals surface area contributed by atoms with Crippen LogP contribution in [0, 0.1) is 0 Å². The van der Waals surface area contributed by atoms with Crippen LogP contribution in [0.4, 0.5) is 11.6 Å². The number of nitrogens with two attached hydrogens (primary N) is 2. The third-order valence-electron chi connectivity index (χ3n) is 6.03. The molecular formula is C18H24N6O11P2S. The van der Waals surface area contributed by atoms with Gasteiger partial charge in [-0.2, -0.15) is 9.97 Å². The first kappa shape index (κ1) is 27.5. The van der Waals surface area contributed by atoms with Crippen LogP contribution in [0.15, 0.2) is 34.1 Å². The van der Waals surface area contributed by atoms with E-state index in [0.29, 0.717) is 11.4 Å². The molecule has 3 aliphatic rings. The summed E-state index contributed by atoms with van der Waals surface area (Å²) in [5.74, 6) is -0.200. The van der Waals surface area contributed by atoms with Crippen molar-refractivity contribution in [2.24, 2.45) is 0 Å². The molecule has 0 spiro atoms. The summed E-state index contributed by atoms with van der Waals surface area (Å²) in [6.45, 7) is -4.91. The molecule has 2 aromatic rings. The Bertz CT molecular complexity index is 1320. The minimum absolute atomic E-state index is 0.00158. The van der Waals surface area contributed by atoms with Crippen LogP contribution in [-0.2, 0) is 32.2 Å². The Labute approximate surface area is 217 Å². The van der Waals surface area contributed by atoms with Crippen LogP contribution in [0.2, 0.25) is 0 Å². The van der Waals surface area contributed by atoms with E-state index in [9.17, 15) is 28.5 Å². The van der Waals surface area contributed by atoms with Crippen molar-refractivity contribution in [2.45, 2.75) is 49.7 Å². The van der Waals surface area contributed by atoms with Crippen molar-refractivity contribution in [3.05, 3.63) is 45.5 Å². The molecule has 5 heterocycles. The van der Waals surface area contributed by atoms with Gasteiger partial charge in [-0.25, -0.2) is 18.7 Å². The van der Waals surface area contributed by atoms with Gasteiger partial charge in [0, 0.05) is 31.0 Å². The Kier molecular flexibility index (Phi) is 7.56. The summed E-state index contributed by atoms with van der Waals surface area (Å²) >= 11 is 0.521. The lowest BCUT2D eigenvalue weighted by atomic mass is 10.2. The van der Waals surface area contributed by atoms with Crippen LogP contribution in [0.25, 0.3) is 0 Å². The van der Waals surface area contributed by atoms with E-state index in [1.54, 1.807) is 0 Å². The SMILES string of the molecule is Nc1ccn([C@H]2C[C@@H]3OP(=O)(O)OC[C@H]4O[C@@H](n5ccc(N)nc5=O)C[C@@H]4OP(=O)(O)SC[C@H]3O2)c(=O)n1. The molecule has 3 fully saturated rings. The van der Waals surface area contributed by atoms with Crippen LogP contribution < -0.4 is 22.8 Å². The first-order valence-corrected chi connectivity index (χ1v) is 15.9. The van der Waals surface area contributed by atoms with Crippen molar-refractivity contribution in [1.82, 2.24) is 19.1 Å². The zero-order valence-electron chi connectivity index (χ0n) is 19.4. The van der Waals surface area contributed by atoms with Gasteiger partial charge < -0.3 is 30.7 Å². The molecule has 0 bridgehead atoms. The Morgan fingerprint density at radius 1 is 0.868 bits per heavy atom. The number of hydrogen-bond donors (Lipinski definition) is 4. The highest BCUT2D eigenvalue weighted by Crippen LogP contribution is 2.60. The van der Waals surface area contributed by atoms with Gasteiger partial charge in [0.1, 0.15) is 42.4 Å². The highest BCUT2D eigenvalue weighted by molar-refractivity contribution is 8.54. The molecular weight excluding hydrogens is 570 g/mol. The van der Waals surface area contributed by atoms with E-state index in [1.807, 2.05) is 0 Å². The Morgan fingerprint density at radius 3 is 1.95 bits per heavy atom. The summed E-state index contributed by atoms with van der Waals surface area (Å²) in [5.41, 5.74) is 9.60. The van der Waals surface area contributed by atoms with Crippen LogP contribution in [0.1, 0.15) is 25.3 Å². The predicted molar refractivity (Wildman–Crippen MR) is 131 cm³/mol. The summed E-state index contributed by atoms with van der Waals surface area (Å²) in [7, 11) is -4.71. The molecule has 0 aliphatic carbocycles. The second-order valence-corrected chi connectivity index (χ2v) is 13.9. The number of anilines is 2. The van der Waals surface area contributed by atoms with E-state index in [1.165, 1.54) is 24.5 Å². The van der Waals surface area contributed by atoms with Gasteiger partial charge in [-0.1, -0.05) is 0 Å². The molecule has 0 amide bonds. The average molecular weight is 594 g/mol. The first-order valence-electron chi connectivity index (χ1n) is 11.2. The number of nitrogens with zero attached hydrogens (tertiary/aromatic N) is 4. The molecule has 3 aliphatic heterocycles. The molecule has 20 heteroatoms. The second kappa shape index (κ2) is 10.5. The number of ether oxygens (including phenoxy) is 2. The zero-order chi connectivity index (χ0) is 27.2. The molecule has 6 N–H and O–H groups in total. The fourth-order valence-corrected chi connectivity index (χ4v) is 8.03. The predicted octanol–water partition coefficient (Wildman–Crippen LogP) is -0.0258. The maximum absolute atomic E-state index is 12.9. The number of nitrogen functional groups attached to an aromatic ring is 2. The highest BCUT2D eigenvalue weighted by Gasteiger charge is 2.47. The quantitative estimate of drug-likeness (QED) is 0.334. The maximum Gasteiger partial charge on any atom is 0.472 e. The van der Waals surface area contributed by atoms with Crippen molar-refractivity contribution in [3.8, 4) is 0 Å². The van der Waals surface area contributed by atoms with Gasteiger partial charge in [-0.15, -0.1) is 0 Å². The third kappa shape index (κ3) is 6.04. The smallest absolute Gasteiger partial charge is 0.383 e. The number of hydrogen-bond acceptors (Lipinski definition) is 14. The molecule has 3 saturated heterocycles. The van der Waals surface area contributed by atoms with Crippen molar-refractivity contribution in [1.29, 1.82) is 0 Å². The van der Waals surface area contributed by atoms with E-state index < -0.39 is 69.5 Å². The summed E-state index contributed by atoms with van der Waals surface area (Å²) in [6.07, 6.45) is -3.68. The summed E-state index contributed by atoms with van der Waals surface area (Å²) < 4.78 is 55.5. The van der Waals surface area contributed by atoms with E-state index in [0.717, 1.165) is 9.13 Å². The molecule has 0 saturated carbocycles. The third-order valence-corrected chi connectivity index (χ3v) is 10.1. The topological polar surface area (TPSA) is 243 Å². The normalized spacial score (nSPS) is 38.1. The van der Waals surface area contributed by atoms with Crippen molar-refractivity contribution in [2.75, 3.05) is 23.8 Å². The number of rotatable bonds is 2. The van der Waals surface area contributed by atoms with Gasteiger partial charge >= 0.3 is 26.0 Å². The van der Waals surface area contributed by atoms with E-state index >= 15 is 0 Å². The van der Waals surface area contributed by atoms with Crippen LogP contribution in [0.5, 0.6) is 0 Å². The molecule has 0 aromatic carbocycles. The monoisotopic (exact) mass is 594 g/mol. The second-order valence-electron chi connectivity index (χ2n) is 8.63. The Balaban J connectivity index is 1.36. The summed E-state index contributed by atoms with van der Waals surface area (Å²) in [4.78, 5) is 52.7. The molecule has 38 heavy (non-hydrogen) atoms. The molecule has 2 unspecified atom stereocenters. The summed E-state index contributed by atoms with van der Waals surface area (Å²) in [6, 6.07) is 2.75. The fourth-order valence-electron chi connectivity index (χ4n) is 4.29.